The van der Waals surface area contributed by atoms with E-state index in [4.69, 9.17) is 9.47 Å². The van der Waals surface area contributed by atoms with Crippen molar-refractivity contribution in [3.8, 4) is 0 Å². The van der Waals surface area contributed by atoms with Gasteiger partial charge < -0.3 is 50.5 Å². The second-order valence-corrected chi connectivity index (χ2v) is 20.0. The van der Waals surface area contributed by atoms with Crippen LogP contribution in [0.5, 0.6) is 0 Å². The van der Waals surface area contributed by atoms with Crippen molar-refractivity contribution in [1.82, 2.24) is 5.32 Å². The molecule has 0 radical (unpaired) electrons. The number of hydrogen-bond donors (Lipinski definition) is 8. The Bertz CT molecular complexity index is 1140. The number of aliphatic hydroxyl groups is 7. The fourth-order valence-electron chi connectivity index (χ4n) is 9.12. The third-order valence-corrected chi connectivity index (χ3v) is 13.8. The SMILES string of the molecule is CCCCCCCCCCC/C=C\C/C=C\CCCCCCCCCCCCCCCCC(O)C(=O)NC(COC1OC(CO)C(O)C(O)C1O)C(O)C(O)CCCCCCCCCCCC. The maximum Gasteiger partial charge on any atom is 0.249 e. The van der Waals surface area contributed by atoms with Gasteiger partial charge in [-0.2, -0.15) is 0 Å². The molecule has 0 aromatic carbocycles. The predicted molar refractivity (Wildman–Crippen MR) is 275 cm³/mol. The molecular weight excluding hydrogens is 847 g/mol. The molecule has 1 heterocycles. The molecule has 9 atom stereocenters. The summed E-state index contributed by atoms with van der Waals surface area (Å²) in [6.07, 6.45) is 42.6. The number of aliphatic hydroxyl groups excluding tert-OH is 7. The second-order valence-electron chi connectivity index (χ2n) is 20.0. The van der Waals surface area contributed by atoms with E-state index in [-0.39, 0.29) is 6.42 Å². The fraction of sp³-hybridized carbons (Fsp3) is 0.911. The number of ether oxygens (including phenoxy) is 2. The minimum atomic E-state index is -1.66. The molecule has 396 valence electrons. The third kappa shape index (κ3) is 34.5. The first-order valence-electron chi connectivity index (χ1n) is 28.2. The van der Waals surface area contributed by atoms with Gasteiger partial charge in [0.25, 0.3) is 0 Å². The van der Waals surface area contributed by atoms with Gasteiger partial charge in [-0.15, -0.1) is 0 Å². The lowest BCUT2D eigenvalue weighted by Crippen LogP contribution is -2.60. The van der Waals surface area contributed by atoms with Gasteiger partial charge in [0, 0.05) is 0 Å². The Hall–Kier alpha value is -1.41. The van der Waals surface area contributed by atoms with Gasteiger partial charge in [0.15, 0.2) is 6.29 Å². The van der Waals surface area contributed by atoms with Gasteiger partial charge in [0.1, 0.15) is 36.6 Å². The number of nitrogens with one attached hydrogen (secondary N) is 1. The van der Waals surface area contributed by atoms with Crippen LogP contribution in [0.25, 0.3) is 0 Å². The van der Waals surface area contributed by atoms with Crippen LogP contribution >= 0.6 is 0 Å². The summed E-state index contributed by atoms with van der Waals surface area (Å²) in [7, 11) is 0. The van der Waals surface area contributed by atoms with Crippen molar-refractivity contribution in [2.24, 2.45) is 0 Å². The Labute approximate surface area is 410 Å². The number of rotatable bonds is 48. The van der Waals surface area contributed by atoms with Crippen LogP contribution < -0.4 is 5.32 Å². The highest BCUT2D eigenvalue weighted by atomic mass is 16.7. The standard InChI is InChI=1S/C56H107NO10/c1-3-5-7-9-11-13-15-16-17-18-19-20-21-22-23-24-25-26-27-28-29-30-31-32-33-34-36-38-40-42-44-49(60)55(65)57-47(46-66-56-54(64)53(63)52(62)50(45-58)67-56)51(61)48(59)43-41-39-37-35-14-12-10-8-6-4-2/h19-20,22-23,47-54,56,58-64H,3-18,21,24-46H2,1-2H3,(H,57,65)/b20-19-,23-22-. The van der Waals surface area contributed by atoms with Crippen molar-refractivity contribution in [3.63, 3.8) is 0 Å². The molecule has 0 spiro atoms. The molecule has 1 rings (SSSR count). The van der Waals surface area contributed by atoms with E-state index in [1.165, 1.54) is 173 Å². The molecule has 1 saturated heterocycles. The maximum atomic E-state index is 13.1. The highest BCUT2D eigenvalue weighted by Crippen LogP contribution is 2.23. The van der Waals surface area contributed by atoms with Gasteiger partial charge in [-0.1, -0.05) is 237 Å². The van der Waals surface area contributed by atoms with Crippen LogP contribution in [0.2, 0.25) is 0 Å². The monoisotopic (exact) mass is 954 g/mol. The summed E-state index contributed by atoms with van der Waals surface area (Å²) >= 11 is 0. The summed E-state index contributed by atoms with van der Waals surface area (Å²) in [6.45, 7) is 3.44. The molecule has 1 fully saturated rings. The lowest BCUT2D eigenvalue weighted by atomic mass is 9.98. The summed E-state index contributed by atoms with van der Waals surface area (Å²) in [5.41, 5.74) is 0. The van der Waals surface area contributed by atoms with Gasteiger partial charge >= 0.3 is 0 Å². The summed E-state index contributed by atoms with van der Waals surface area (Å²) in [4.78, 5) is 13.1. The Morgan fingerprint density at radius 1 is 0.522 bits per heavy atom. The first kappa shape index (κ1) is 63.6. The van der Waals surface area contributed by atoms with E-state index >= 15 is 0 Å². The molecule has 9 unspecified atom stereocenters. The molecule has 1 aliphatic heterocycles. The van der Waals surface area contributed by atoms with E-state index in [1.807, 2.05) is 0 Å². The van der Waals surface area contributed by atoms with E-state index in [1.54, 1.807) is 0 Å². The molecule has 11 heteroatoms. The van der Waals surface area contributed by atoms with Gasteiger partial charge in [0.05, 0.1) is 25.4 Å². The van der Waals surface area contributed by atoms with Gasteiger partial charge in [-0.25, -0.2) is 0 Å². The second kappa shape index (κ2) is 45.7. The molecule has 8 N–H and O–H groups in total. The number of unbranched alkanes of at least 4 members (excludes halogenated alkanes) is 32. The smallest absolute Gasteiger partial charge is 0.249 e. The molecular formula is C56H107NO10. The fourth-order valence-corrected chi connectivity index (χ4v) is 9.12. The van der Waals surface area contributed by atoms with E-state index in [2.05, 4.69) is 43.5 Å². The van der Waals surface area contributed by atoms with Crippen LogP contribution in [0.3, 0.4) is 0 Å². The number of carbonyl (C=O) groups excluding carboxylic acids is 1. The largest absolute Gasteiger partial charge is 0.394 e. The Morgan fingerprint density at radius 3 is 1.33 bits per heavy atom. The van der Waals surface area contributed by atoms with Gasteiger partial charge in [-0.05, 0) is 44.9 Å². The zero-order valence-corrected chi connectivity index (χ0v) is 43.1. The molecule has 0 aromatic rings. The highest BCUT2D eigenvalue weighted by molar-refractivity contribution is 5.80. The molecule has 0 saturated carbocycles. The van der Waals surface area contributed by atoms with E-state index in [0.29, 0.717) is 19.3 Å². The van der Waals surface area contributed by atoms with Gasteiger partial charge in [0.2, 0.25) is 5.91 Å². The van der Waals surface area contributed by atoms with Crippen LogP contribution in [-0.4, -0.2) is 110 Å². The Morgan fingerprint density at radius 2 is 0.910 bits per heavy atom. The molecule has 11 nitrogen and oxygen atoms in total. The van der Waals surface area contributed by atoms with Crippen molar-refractivity contribution in [2.75, 3.05) is 13.2 Å². The average Bonchev–Trinajstić information content (AvgIpc) is 3.33. The first-order chi connectivity index (χ1) is 32.7. The minimum absolute atomic E-state index is 0.261. The summed E-state index contributed by atoms with van der Waals surface area (Å²) < 4.78 is 11.1. The number of carbonyl (C=O) groups is 1. The molecule has 0 aromatic heterocycles. The first-order valence-corrected chi connectivity index (χ1v) is 28.2. The normalized spacial score (nSPS) is 20.8. The maximum absolute atomic E-state index is 13.1. The van der Waals surface area contributed by atoms with E-state index in [0.717, 1.165) is 44.9 Å². The van der Waals surface area contributed by atoms with Crippen LogP contribution in [0, 0.1) is 0 Å². The zero-order chi connectivity index (χ0) is 49.0. The van der Waals surface area contributed by atoms with Crippen molar-refractivity contribution in [1.29, 1.82) is 0 Å². The highest BCUT2D eigenvalue weighted by Gasteiger charge is 2.44. The summed E-state index contributed by atoms with van der Waals surface area (Å²) in [5.74, 6) is -0.696. The lowest BCUT2D eigenvalue weighted by molar-refractivity contribution is -0.303. The number of allylic oxidation sites excluding steroid dienone is 4. The van der Waals surface area contributed by atoms with E-state index < -0.39 is 74.2 Å². The zero-order valence-electron chi connectivity index (χ0n) is 43.1. The molecule has 1 aliphatic rings. The van der Waals surface area contributed by atoms with Crippen molar-refractivity contribution >= 4 is 5.91 Å². The molecule has 1 amide bonds. The topological polar surface area (TPSA) is 189 Å². The van der Waals surface area contributed by atoms with Crippen LogP contribution in [0.15, 0.2) is 24.3 Å². The van der Waals surface area contributed by atoms with E-state index in [9.17, 15) is 40.5 Å². The predicted octanol–water partition coefficient (Wildman–Crippen LogP) is 11.3. The molecule has 67 heavy (non-hydrogen) atoms. The average molecular weight is 954 g/mol. The summed E-state index contributed by atoms with van der Waals surface area (Å²) in [5, 5.41) is 75.8. The van der Waals surface area contributed by atoms with Crippen molar-refractivity contribution in [3.05, 3.63) is 24.3 Å². The van der Waals surface area contributed by atoms with Gasteiger partial charge in [-0.3, -0.25) is 4.79 Å². The number of hydrogen-bond acceptors (Lipinski definition) is 10. The van der Waals surface area contributed by atoms with Crippen LogP contribution in [0.1, 0.15) is 258 Å². The third-order valence-electron chi connectivity index (χ3n) is 13.8. The number of amides is 1. The quantitative estimate of drug-likeness (QED) is 0.0215. The molecule has 0 aliphatic carbocycles. The Balaban J connectivity index is 2.20. The Kier molecular flexibility index (Phi) is 43.4. The van der Waals surface area contributed by atoms with Crippen molar-refractivity contribution < 1.29 is 50.0 Å². The van der Waals surface area contributed by atoms with Crippen molar-refractivity contribution in [2.45, 2.75) is 313 Å². The lowest BCUT2D eigenvalue weighted by Gasteiger charge is -2.40. The van der Waals surface area contributed by atoms with Crippen LogP contribution in [-0.2, 0) is 14.3 Å². The minimum Gasteiger partial charge on any atom is -0.394 e. The van der Waals surface area contributed by atoms with Crippen LogP contribution in [0.4, 0.5) is 0 Å². The summed E-state index contributed by atoms with van der Waals surface area (Å²) in [6, 6.07) is -1.16. The molecule has 0 bridgehead atoms.